The van der Waals surface area contributed by atoms with Crippen LogP contribution in [0, 0.1) is 0 Å². The Bertz CT molecular complexity index is 371. The van der Waals surface area contributed by atoms with E-state index in [1.807, 2.05) is 0 Å². The van der Waals surface area contributed by atoms with Crippen molar-refractivity contribution in [3.63, 3.8) is 0 Å². The van der Waals surface area contributed by atoms with Crippen LogP contribution in [0.15, 0.2) is 72.9 Å². The van der Waals surface area contributed by atoms with Gasteiger partial charge in [-0.25, -0.2) is 17.6 Å². The van der Waals surface area contributed by atoms with Crippen molar-refractivity contribution in [1.82, 2.24) is 0 Å². The molecule has 0 radical (unpaired) electrons. The van der Waals surface area contributed by atoms with Crippen molar-refractivity contribution in [2.75, 3.05) is 0 Å². The highest BCUT2D eigenvalue weighted by Gasteiger charge is 2.16. The van der Waals surface area contributed by atoms with Crippen molar-refractivity contribution in [2.45, 2.75) is 0 Å². The maximum Gasteiger partial charge on any atom is 0.166 e. The average Bonchev–Trinajstić information content (AvgIpc) is 2.32. The molecule has 0 aromatic heterocycles. The van der Waals surface area contributed by atoms with E-state index < -0.39 is 34.5 Å². The molecular formula is C12H10F4. The summed E-state index contributed by atoms with van der Waals surface area (Å²) in [4.78, 5) is 0. The Balaban J connectivity index is 5.28. The minimum absolute atomic E-state index is 0.583. The molecule has 0 bridgehead atoms. The molecule has 0 unspecified atom stereocenters. The van der Waals surface area contributed by atoms with Crippen molar-refractivity contribution < 1.29 is 17.6 Å². The van der Waals surface area contributed by atoms with Crippen LogP contribution in [0.1, 0.15) is 0 Å². The van der Waals surface area contributed by atoms with E-state index in [9.17, 15) is 17.6 Å². The van der Waals surface area contributed by atoms with E-state index in [4.69, 9.17) is 0 Å². The zero-order chi connectivity index (χ0) is 12.9. The monoisotopic (exact) mass is 230 g/mol. The zero-order valence-corrected chi connectivity index (χ0v) is 8.49. The summed E-state index contributed by atoms with van der Waals surface area (Å²) in [7, 11) is 0. The molecule has 0 nitrogen and oxygen atoms in total. The quantitative estimate of drug-likeness (QED) is 0.471. The van der Waals surface area contributed by atoms with Gasteiger partial charge in [0.2, 0.25) is 0 Å². The third-order valence-corrected chi connectivity index (χ3v) is 1.67. The summed E-state index contributed by atoms with van der Waals surface area (Å²) < 4.78 is 51.6. The van der Waals surface area contributed by atoms with Gasteiger partial charge in [0.1, 0.15) is 0 Å². The molecule has 0 aliphatic heterocycles. The molecule has 0 saturated carbocycles. The predicted octanol–water partition coefficient (Wildman–Crippen LogP) is 4.77. The van der Waals surface area contributed by atoms with Gasteiger partial charge < -0.3 is 0 Å². The van der Waals surface area contributed by atoms with Crippen LogP contribution in [0.3, 0.4) is 0 Å². The van der Waals surface area contributed by atoms with E-state index in [2.05, 4.69) is 26.3 Å². The Labute approximate surface area is 91.3 Å². The molecule has 0 atom stereocenters. The van der Waals surface area contributed by atoms with Gasteiger partial charge in [-0.05, 0) is 12.2 Å². The summed E-state index contributed by atoms with van der Waals surface area (Å²) >= 11 is 0. The Kier molecular flexibility index (Phi) is 5.22. The van der Waals surface area contributed by atoms with Crippen LogP contribution >= 0.6 is 0 Å². The number of hydrogen-bond acceptors (Lipinski definition) is 0. The first-order valence-corrected chi connectivity index (χ1v) is 4.11. The van der Waals surface area contributed by atoms with Gasteiger partial charge in [0.15, 0.2) is 23.3 Å². The Morgan fingerprint density at radius 3 is 1.12 bits per heavy atom. The van der Waals surface area contributed by atoms with Crippen molar-refractivity contribution >= 4 is 0 Å². The SMILES string of the molecule is C=C/C(F)=C(/F)C(=C)C(=C)/C(F)=C(/F)C=C. The van der Waals surface area contributed by atoms with E-state index >= 15 is 0 Å². The Morgan fingerprint density at radius 1 is 0.688 bits per heavy atom. The second-order valence-electron chi connectivity index (χ2n) is 2.69. The highest BCUT2D eigenvalue weighted by atomic mass is 19.2. The largest absolute Gasteiger partial charge is 0.204 e. The van der Waals surface area contributed by atoms with Crippen molar-refractivity contribution in [3.8, 4) is 0 Å². The minimum atomic E-state index is -1.44. The van der Waals surface area contributed by atoms with Crippen molar-refractivity contribution in [3.05, 3.63) is 72.9 Å². The summed E-state index contributed by atoms with van der Waals surface area (Å²) in [6, 6.07) is 0. The van der Waals surface area contributed by atoms with Gasteiger partial charge in [-0.2, -0.15) is 0 Å². The number of rotatable bonds is 5. The maximum atomic E-state index is 13.1. The van der Waals surface area contributed by atoms with Gasteiger partial charge in [-0.3, -0.25) is 0 Å². The van der Waals surface area contributed by atoms with Crippen molar-refractivity contribution in [2.24, 2.45) is 0 Å². The molecule has 16 heavy (non-hydrogen) atoms. The molecule has 0 rings (SSSR count). The topological polar surface area (TPSA) is 0 Å². The molecule has 0 spiro atoms. The summed E-state index contributed by atoms with van der Waals surface area (Å²) in [5.41, 5.74) is -1.38. The standard InChI is InChI=1S/C12H10F4/c1-5-9(13)11(15)7(3)8(4)12(16)10(14)6-2/h5-6H,1-4H2/b11-9-,12-10-. The van der Waals surface area contributed by atoms with Gasteiger partial charge in [-0.15, -0.1) is 0 Å². The number of halogens is 4. The first-order chi connectivity index (χ1) is 7.36. The van der Waals surface area contributed by atoms with Gasteiger partial charge in [0, 0.05) is 11.1 Å². The molecular weight excluding hydrogens is 220 g/mol. The van der Waals surface area contributed by atoms with Crippen LogP contribution in [0.4, 0.5) is 17.6 Å². The van der Waals surface area contributed by atoms with Crippen LogP contribution in [0.5, 0.6) is 0 Å². The fourth-order valence-electron chi connectivity index (χ4n) is 0.732. The minimum Gasteiger partial charge on any atom is -0.204 e. The normalized spacial score (nSPS) is 13.5. The summed E-state index contributed by atoms with van der Waals surface area (Å²) in [5.74, 6) is -5.52. The molecule has 0 saturated heterocycles. The lowest BCUT2D eigenvalue weighted by atomic mass is 10.1. The molecule has 0 aromatic carbocycles. The highest BCUT2D eigenvalue weighted by molar-refractivity contribution is 5.51. The van der Waals surface area contributed by atoms with Gasteiger partial charge in [-0.1, -0.05) is 26.3 Å². The third kappa shape index (κ3) is 3.08. The van der Waals surface area contributed by atoms with Gasteiger partial charge >= 0.3 is 0 Å². The molecule has 4 heteroatoms. The molecule has 0 heterocycles. The Morgan fingerprint density at radius 2 is 0.938 bits per heavy atom. The molecule has 0 aliphatic carbocycles. The van der Waals surface area contributed by atoms with Gasteiger partial charge in [0.05, 0.1) is 0 Å². The lowest BCUT2D eigenvalue weighted by Gasteiger charge is -2.05. The predicted molar refractivity (Wildman–Crippen MR) is 57.2 cm³/mol. The Hall–Kier alpha value is -1.84. The zero-order valence-electron chi connectivity index (χ0n) is 8.49. The van der Waals surface area contributed by atoms with E-state index in [-0.39, 0.29) is 0 Å². The average molecular weight is 230 g/mol. The maximum absolute atomic E-state index is 13.1. The molecule has 0 fully saturated rings. The highest BCUT2D eigenvalue weighted by Crippen LogP contribution is 2.29. The smallest absolute Gasteiger partial charge is 0.166 e. The second kappa shape index (κ2) is 5.90. The van der Waals surface area contributed by atoms with Crippen LogP contribution in [0.25, 0.3) is 0 Å². The first kappa shape index (κ1) is 14.2. The molecule has 86 valence electrons. The molecule has 0 aromatic rings. The van der Waals surface area contributed by atoms with Crippen molar-refractivity contribution in [1.29, 1.82) is 0 Å². The van der Waals surface area contributed by atoms with E-state index in [1.165, 1.54) is 0 Å². The van der Waals surface area contributed by atoms with Gasteiger partial charge in [0.25, 0.3) is 0 Å². The lowest BCUT2D eigenvalue weighted by Crippen LogP contribution is -1.92. The van der Waals surface area contributed by atoms with Crippen LogP contribution < -0.4 is 0 Å². The van der Waals surface area contributed by atoms with E-state index in [1.54, 1.807) is 0 Å². The molecule has 0 amide bonds. The van der Waals surface area contributed by atoms with E-state index in [0.29, 0.717) is 12.2 Å². The van der Waals surface area contributed by atoms with Crippen LogP contribution in [0.2, 0.25) is 0 Å². The fourth-order valence-corrected chi connectivity index (χ4v) is 0.732. The first-order valence-electron chi connectivity index (χ1n) is 4.11. The second-order valence-corrected chi connectivity index (χ2v) is 2.69. The molecule has 0 N–H and O–H groups in total. The lowest BCUT2D eigenvalue weighted by molar-refractivity contribution is 0.550. The number of hydrogen-bond donors (Lipinski definition) is 0. The van der Waals surface area contributed by atoms with Crippen LogP contribution in [-0.2, 0) is 0 Å². The van der Waals surface area contributed by atoms with E-state index in [0.717, 1.165) is 0 Å². The number of allylic oxidation sites excluding steroid dienone is 8. The third-order valence-electron chi connectivity index (χ3n) is 1.67. The summed E-state index contributed by atoms with van der Waals surface area (Å²) in [5, 5.41) is 0. The summed E-state index contributed by atoms with van der Waals surface area (Å²) in [6.07, 6.45) is 1.17. The summed E-state index contributed by atoms with van der Waals surface area (Å²) in [6.45, 7) is 12.1. The fraction of sp³-hybridized carbons (Fsp3) is 0. The van der Waals surface area contributed by atoms with Crippen LogP contribution in [-0.4, -0.2) is 0 Å². The molecule has 0 aliphatic rings.